The molecule has 0 bridgehead atoms. The highest BCUT2D eigenvalue weighted by Crippen LogP contribution is 2.35. The lowest BCUT2D eigenvalue weighted by Crippen LogP contribution is -2.18. The Balaban J connectivity index is 1.94. The van der Waals surface area contributed by atoms with Crippen LogP contribution >= 0.6 is 0 Å². The van der Waals surface area contributed by atoms with Crippen LogP contribution in [0, 0.1) is 17.5 Å². The van der Waals surface area contributed by atoms with Crippen LogP contribution in [0.5, 0.6) is 5.75 Å². The SMILES string of the molecule is Oc1ccc2c(c1)CCCC2Nc1c(F)cc(F)cc1F. The molecule has 110 valence electrons. The fourth-order valence-corrected chi connectivity index (χ4v) is 2.80. The van der Waals surface area contributed by atoms with Crippen molar-refractivity contribution in [2.45, 2.75) is 25.3 Å². The van der Waals surface area contributed by atoms with Crippen molar-refractivity contribution in [2.75, 3.05) is 5.32 Å². The van der Waals surface area contributed by atoms with E-state index < -0.39 is 17.5 Å². The molecule has 1 atom stereocenters. The molecule has 21 heavy (non-hydrogen) atoms. The lowest BCUT2D eigenvalue weighted by Gasteiger charge is -2.27. The molecule has 0 heterocycles. The van der Waals surface area contributed by atoms with Gasteiger partial charge in [-0.05, 0) is 42.5 Å². The predicted octanol–water partition coefficient (Wildman–Crippen LogP) is 4.30. The van der Waals surface area contributed by atoms with E-state index in [1.165, 1.54) is 0 Å². The fraction of sp³-hybridized carbons (Fsp3) is 0.250. The lowest BCUT2D eigenvalue weighted by molar-refractivity contribution is 0.472. The molecule has 0 aliphatic heterocycles. The van der Waals surface area contributed by atoms with Crippen molar-refractivity contribution >= 4 is 5.69 Å². The summed E-state index contributed by atoms with van der Waals surface area (Å²) in [5, 5.41) is 12.3. The van der Waals surface area contributed by atoms with Crippen molar-refractivity contribution in [1.29, 1.82) is 0 Å². The minimum absolute atomic E-state index is 0.175. The van der Waals surface area contributed by atoms with Crippen molar-refractivity contribution in [3.63, 3.8) is 0 Å². The summed E-state index contributed by atoms with van der Waals surface area (Å²) in [6.45, 7) is 0. The minimum Gasteiger partial charge on any atom is -0.508 e. The number of fused-ring (bicyclic) bond motifs is 1. The summed E-state index contributed by atoms with van der Waals surface area (Å²) in [5.41, 5.74) is 1.55. The highest BCUT2D eigenvalue weighted by Gasteiger charge is 2.23. The van der Waals surface area contributed by atoms with Gasteiger partial charge < -0.3 is 10.4 Å². The van der Waals surface area contributed by atoms with E-state index in [-0.39, 0.29) is 17.5 Å². The third kappa shape index (κ3) is 2.68. The highest BCUT2D eigenvalue weighted by molar-refractivity contribution is 5.50. The Kier molecular flexibility index (Phi) is 3.49. The first kappa shape index (κ1) is 13.8. The van der Waals surface area contributed by atoms with E-state index in [9.17, 15) is 18.3 Å². The number of hydrogen-bond donors (Lipinski definition) is 2. The Labute approximate surface area is 120 Å². The summed E-state index contributed by atoms with van der Waals surface area (Å²) in [4.78, 5) is 0. The van der Waals surface area contributed by atoms with Gasteiger partial charge in [0.2, 0.25) is 0 Å². The van der Waals surface area contributed by atoms with Crippen molar-refractivity contribution in [3.05, 3.63) is 58.9 Å². The summed E-state index contributed by atoms with van der Waals surface area (Å²) >= 11 is 0. The molecule has 1 aliphatic carbocycles. The number of phenolic OH excluding ortho intramolecular Hbond substituents is 1. The third-order valence-corrected chi connectivity index (χ3v) is 3.77. The molecule has 0 radical (unpaired) electrons. The van der Waals surface area contributed by atoms with Crippen LogP contribution in [0.15, 0.2) is 30.3 Å². The van der Waals surface area contributed by atoms with Crippen LogP contribution in [0.3, 0.4) is 0 Å². The third-order valence-electron chi connectivity index (χ3n) is 3.77. The Morgan fingerprint density at radius 2 is 1.76 bits per heavy atom. The average molecular weight is 293 g/mol. The van der Waals surface area contributed by atoms with E-state index in [4.69, 9.17) is 0 Å². The number of benzene rings is 2. The molecule has 1 unspecified atom stereocenters. The van der Waals surface area contributed by atoms with Crippen LogP contribution in [-0.4, -0.2) is 5.11 Å². The Hall–Kier alpha value is -2.17. The zero-order valence-electron chi connectivity index (χ0n) is 11.2. The normalized spacial score (nSPS) is 17.4. The molecule has 0 aromatic heterocycles. The summed E-state index contributed by atoms with van der Waals surface area (Å²) < 4.78 is 40.4. The number of anilines is 1. The summed E-state index contributed by atoms with van der Waals surface area (Å²) in [6, 6.07) is 6.03. The lowest BCUT2D eigenvalue weighted by atomic mass is 9.87. The number of nitrogens with one attached hydrogen (secondary N) is 1. The smallest absolute Gasteiger partial charge is 0.152 e. The number of rotatable bonds is 2. The number of hydrogen-bond acceptors (Lipinski definition) is 2. The van der Waals surface area contributed by atoms with Crippen molar-refractivity contribution in [1.82, 2.24) is 0 Å². The molecule has 0 saturated carbocycles. The fourth-order valence-electron chi connectivity index (χ4n) is 2.80. The maximum absolute atomic E-state index is 13.7. The molecule has 0 saturated heterocycles. The van der Waals surface area contributed by atoms with Crippen LogP contribution in [-0.2, 0) is 6.42 Å². The van der Waals surface area contributed by atoms with Gasteiger partial charge in [0.05, 0.1) is 6.04 Å². The van der Waals surface area contributed by atoms with E-state index in [0.29, 0.717) is 18.6 Å². The standard InChI is InChI=1S/C16H14F3NO/c17-10-7-13(18)16(14(19)8-10)20-15-3-1-2-9-6-11(21)4-5-12(9)15/h4-8,15,20-21H,1-3H2. The first-order valence-electron chi connectivity index (χ1n) is 6.77. The largest absolute Gasteiger partial charge is 0.508 e. The first-order chi connectivity index (χ1) is 10.0. The second-order valence-electron chi connectivity index (χ2n) is 5.22. The van der Waals surface area contributed by atoms with Gasteiger partial charge in [0.25, 0.3) is 0 Å². The molecule has 2 nitrogen and oxygen atoms in total. The van der Waals surface area contributed by atoms with E-state index in [0.717, 1.165) is 24.0 Å². The second-order valence-corrected chi connectivity index (χ2v) is 5.22. The molecular formula is C16H14F3NO. The zero-order chi connectivity index (χ0) is 15.0. The van der Waals surface area contributed by atoms with Gasteiger partial charge in [-0.15, -0.1) is 0 Å². The predicted molar refractivity (Wildman–Crippen MR) is 73.7 cm³/mol. The Morgan fingerprint density at radius 1 is 1.05 bits per heavy atom. The second kappa shape index (κ2) is 5.31. The number of halogens is 3. The van der Waals surface area contributed by atoms with Crippen LogP contribution < -0.4 is 5.32 Å². The highest BCUT2D eigenvalue weighted by atomic mass is 19.1. The molecule has 0 amide bonds. The van der Waals surface area contributed by atoms with Gasteiger partial charge in [-0.3, -0.25) is 0 Å². The topological polar surface area (TPSA) is 32.3 Å². The molecule has 2 aromatic carbocycles. The first-order valence-corrected chi connectivity index (χ1v) is 6.77. The van der Waals surface area contributed by atoms with Gasteiger partial charge in [0.1, 0.15) is 17.3 Å². The number of aromatic hydroxyl groups is 1. The van der Waals surface area contributed by atoms with Crippen LogP contribution in [0.1, 0.15) is 30.0 Å². The monoisotopic (exact) mass is 293 g/mol. The van der Waals surface area contributed by atoms with E-state index in [2.05, 4.69) is 5.32 Å². The number of aryl methyl sites for hydroxylation is 1. The van der Waals surface area contributed by atoms with E-state index in [1.807, 2.05) is 0 Å². The molecule has 2 N–H and O–H groups in total. The van der Waals surface area contributed by atoms with Crippen LogP contribution in [0.2, 0.25) is 0 Å². The van der Waals surface area contributed by atoms with Crippen LogP contribution in [0.25, 0.3) is 0 Å². The molecule has 0 fully saturated rings. The van der Waals surface area contributed by atoms with Crippen molar-refractivity contribution in [3.8, 4) is 5.75 Å². The maximum Gasteiger partial charge on any atom is 0.152 e. The molecule has 5 heteroatoms. The Bertz CT molecular complexity index is 664. The van der Waals surface area contributed by atoms with Gasteiger partial charge in [-0.1, -0.05) is 6.07 Å². The van der Waals surface area contributed by atoms with Gasteiger partial charge in [-0.2, -0.15) is 0 Å². The van der Waals surface area contributed by atoms with Gasteiger partial charge in [0.15, 0.2) is 11.6 Å². The van der Waals surface area contributed by atoms with E-state index >= 15 is 0 Å². The van der Waals surface area contributed by atoms with Gasteiger partial charge >= 0.3 is 0 Å². The van der Waals surface area contributed by atoms with Crippen molar-refractivity contribution in [2.24, 2.45) is 0 Å². The molecule has 3 rings (SSSR count). The molecule has 0 spiro atoms. The zero-order valence-corrected chi connectivity index (χ0v) is 11.2. The number of phenols is 1. The van der Waals surface area contributed by atoms with Crippen LogP contribution in [0.4, 0.5) is 18.9 Å². The van der Waals surface area contributed by atoms with Gasteiger partial charge in [0, 0.05) is 12.1 Å². The minimum atomic E-state index is -0.946. The van der Waals surface area contributed by atoms with E-state index in [1.54, 1.807) is 18.2 Å². The summed E-state index contributed by atoms with van der Waals surface area (Å²) in [5.74, 6) is -2.66. The molecular weight excluding hydrogens is 279 g/mol. The van der Waals surface area contributed by atoms with Gasteiger partial charge in [-0.25, -0.2) is 13.2 Å². The summed E-state index contributed by atoms with van der Waals surface area (Å²) in [6.07, 6.45) is 2.38. The quantitative estimate of drug-likeness (QED) is 0.865. The summed E-state index contributed by atoms with van der Waals surface area (Å²) in [7, 11) is 0. The average Bonchev–Trinajstić information content (AvgIpc) is 2.42. The molecule has 1 aliphatic rings. The Morgan fingerprint density at radius 3 is 2.48 bits per heavy atom. The maximum atomic E-state index is 13.7. The van der Waals surface area contributed by atoms with Crippen molar-refractivity contribution < 1.29 is 18.3 Å². The molecule has 2 aromatic rings.